The third-order valence-electron chi connectivity index (χ3n) is 2.56. The van der Waals surface area contributed by atoms with Gasteiger partial charge in [-0.1, -0.05) is 35.3 Å². The second kappa shape index (κ2) is 5.57. The zero-order valence-corrected chi connectivity index (χ0v) is 11.1. The summed E-state index contributed by atoms with van der Waals surface area (Å²) in [7, 11) is 1.51. The first-order chi connectivity index (χ1) is 8.65. The number of rotatable bonds is 3. The number of hydrogen-bond donors (Lipinski definition) is 1. The molecule has 2 rings (SSSR count). The minimum atomic E-state index is -0.915. The first kappa shape index (κ1) is 13.1. The molecule has 0 aliphatic carbocycles. The Morgan fingerprint density at radius 3 is 2.56 bits per heavy atom. The fourth-order valence-corrected chi connectivity index (χ4v) is 2.12. The van der Waals surface area contributed by atoms with Gasteiger partial charge in [-0.3, -0.25) is 4.98 Å². The topological polar surface area (TPSA) is 42.4 Å². The quantitative estimate of drug-likeness (QED) is 0.938. The lowest BCUT2D eigenvalue weighted by Gasteiger charge is -2.14. The largest absolute Gasteiger partial charge is 0.495 e. The van der Waals surface area contributed by atoms with Gasteiger partial charge in [0.2, 0.25) is 0 Å². The van der Waals surface area contributed by atoms with Crippen molar-refractivity contribution in [3.63, 3.8) is 0 Å². The van der Waals surface area contributed by atoms with Gasteiger partial charge in [-0.15, -0.1) is 0 Å². The van der Waals surface area contributed by atoms with Crippen LogP contribution in [0, 0.1) is 0 Å². The fourth-order valence-electron chi connectivity index (χ4n) is 1.61. The molecule has 0 aliphatic heterocycles. The van der Waals surface area contributed by atoms with Gasteiger partial charge in [0.1, 0.15) is 16.9 Å². The summed E-state index contributed by atoms with van der Waals surface area (Å²) in [5, 5.41) is 10.8. The van der Waals surface area contributed by atoms with Gasteiger partial charge < -0.3 is 9.84 Å². The van der Waals surface area contributed by atoms with Crippen molar-refractivity contribution in [2.24, 2.45) is 0 Å². The van der Waals surface area contributed by atoms with E-state index in [9.17, 15) is 5.11 Å². The lowest BCUT2D eigenvalue weighted by Crippen LogP contribution is -2.03. The summed E-state index contributed by atoms with van der Waals surface area (Å²) in [5.74, 6) is 0.471. The average Bonchev–Trinajstić information content (AvgIpc) is 2.42. The lowest BCUT2D eigenvalue weighted by atomic mass is 10.1. The molecule has 0 unspecified atom stereocenters. The van der Waals surface area contributed by atoms with Gasteiger partial charge in [-0.25, -0.2) is 0 Å². The second-order valence-electron chi connectivity index (χ2n) is 3.64. The molecule has 0 bridgehead atoms. The first-order valence-electron chi connectivity index (χ1n) is 5.26. The van der Waals surface area contributed by atoms with Crippen LogP contribution >= 0.6 is 23.2 Å². The van der Waals surface area contributed by atoms with Gasteiger partial charge in [-0.2, -0.15) is 0 Å². The van der Waals surface area contributed by atoms with E-state index in [0.717, 1.165) is 0 Å². The van der Waals surface area contributed by atoms with Crippen molar-refractivity contribution in [3.05, 3.63) is 57.8 Å². The van der Waals surface area contributed by atoms with Crippen LogP contribution in [0.5, 0.6) is 5.75 Å². The van der Waals surface area contributed by atoms with E-state index in [1.165, 1.54) is 7.11 Å². The van der Waals surface area contributed by atoms with E-state index in [0.29, 0.717) is 17.0 Å². The predicted octanol–water partition coefficient (Wildman–Crippen LogP) is 3.48. The highest BCUT2D eigenvalue weighted by Gasteiger charge is 2.18. The van der Waals surface area contributed by atoms with E-state index in [-0.39, 0.29) is 10.0 Å². The van der Waals surface area contributed by atoms with Crippen molar-refractivity contribution >= 4 is 23.2 Å². The van der Waals surface area contributed by atoms with Gasteiger partial charge in [0.25, 0.3) is 0 Å². The zero-order valence-electron chi connectivity index (χ0n) is 9.60. The maximum Gasteiger partial charge on any atom is 0.139 e. The van der Waals surface area contributed by atoms with E-state index in [1.54, 1.807) is 36.5 Å². The van der Waals surface area contributed by atoms with Crippen LogP contribution in [0.4, 0.5) is 0 Å². The van der Waals surface area contributed by atoms with Crippen molar-refractivity contribution in [2.75, 3.05) is 7.11 Å². The van der Waals surface area contributed by atoms with Crippen molar-refractivity contribution in [3.8, 4) is 5.75 Å². The van der Waals surface area contributed by atoms with E-state index in [1.807, 2.05) is 0 Å². The number of halogens is 2. The molecule has 0 amide bonds. The number of aromatic nitrogens is 1. The summed E-state index contributed by atoms with van der Waals surface area (Å²) < 4.78 is 5.05. The fraction of sp³-hybridized carbons (Fsp3) is 0.154. The second-order valence-corrected chi connectivity index (χ2v) is 4.40. The van der Waals surface area contributed by atoms with E-state index in [2.05, 4.69) is 4.98 Å². The summed E-state index contributed by atoms with van der Waals surface area (Å²) in [5.41, 5.74) is 1.02. The number of ether oxygens (including phenoxy) is 1. The van der Waals surface area contributed by atoms with Gasteiger partial charge in [0.15, 0.2) is 0 Å². The molecular formula is C13H11Cl2NO2. The maximum absolute atomic E-state index is 10.2. The van der Waals surface area contributed by atoms with Crippen LogP contribution in [-0.2, 0) is 0 Å². The van der Waals surface area contributed by atoms with Crippen molar-refractivity contribution in [1.82, 2.24) is 4.98 Å². The molecule has 1 N–H and O–H groups in total. The third kappa shape index (κ3) is 2.43. The number of benzene rings is 1. The summed E-state index contributed by atoms with van der Waals surface area (Å²) in [6.45, 7) is 0. The summed E-state index contributed by atoms with van der Waals surface area (Å²) in [6, 6.07) is 8.63. The van der Waals surface area contributed by atoms with Crippen LogP contribution in [0.2, 0.25) is 10.0 Å². The molecule has 0 saturated heterocycles. The molecule has 0 saturated carbocycles. The Morgan fingerprint density at radius 1 is 1.17 bits per heavy atom. The van der Waals surface area contributed by atoms with Gasteiger partial charge >= 0.3 is 0 Å². The van der Waals surface area contributed by atoms with Crippen LogP contribution < -0.4 is 4.74 Å². The predicted molar refractivity (Wildman–Crippen MR) is 71.3 cm³/mol. The van der Waals surface area contributed by atoms with E-state index in [4.69, 9.17) is 27.9 Å². The number of hydrogen-bond acceptors (Lipinski definition) is 3. The molecule has 94 valence electrons. The highest BCUT2D eigenvalue weighted by atomic mass is 35.5. The highest BCUT2D eigenvalue weighted by Crippen LogP contribution is 2.38. The number of pyridine rings is 1. The molecule has 3 nitrogen and oxygen atoms in total. The third-order valence-corrected chi connectivity index (χ3v) is 3.44. The minimum absolute atomic E-state index is 0.272. The first-order valence-corrected chi connectivity index (χ1v) is 6.01. The Labute approximate surface area is 115 Å². The van der Waals surface area contributed by atoms with Crippen LogP contribution in [0.1, 0.15) is 17.4 Å². The summed E-state index contributed by atoms with van der Waals surface area (Å²) in [4.78, 5) is 4.09. The Bertz CT molecular complexity index is 546. The molecule has 1 aromatic heterocycles. The summed E-state index contributed by atoms with van der Waals surface area (Å²) in [6.07, 6.45) is 0.694. The molecule has 0 spiro atoms. The standard InChI is InChI=1S/C13H11Cl2NO2/c1-18-10-6-5-8(11(14)12(10)15)13(17)9-4-2-3-7-16-9/h2-7,13,17H,1H3/t13-/m1/s1. The van der Waals surface area contributed by atoms with Gasteiger partial charge in [0.05, 0.1) is 17.8 Å². The van der Waals surface area contributed by atoms with Gasteiger partial charge in [0, 0.05) is 11.8 Å². The molecule has 2 aromatic rings. The summed E-state index contributed by atoms with van der Waals surface area (Å²) >= 11 is 12.2. The van der Waals surface area contributed by atoms with Crippen molar-refractivity contribution in [1.29, 1.82) is 0 Å². The lowest BCUT2D eigenvalue weighted by molar-refractivity contribution is 0.215. The number of nitrogens with zero attached hydrogens (tertiary/aromatic N) is 1. The number of aliphatic hydroxyl groups excluding tert-OH is 1. The van der Waals surface area contributed by atoms with Crippen LogP contribution in [0.3, 0.4) is 0 Å². The number of methoxy groups -OCH3 is 1. The molecule has 1 heterocycles. The Kier molecular flexibility index (Phi) is 4.07. The molecule has 0 radical (unpaired) electrons. The van der Waals surface area contributed by atoms with E-state index >= 15 is 0 Å². The normalized spacial score (nSPS) is 12.2. The Morgan fingerprint density at radius 2 is 1.94 bits per heavy atom. The number of aliphatic hydroxyl groups is 1. The molecule has 5 heteroatoms. The Hall–Kier alpha value is -1.29. The van der Waals surface area contributed by atoms with Crippen LogP contribution in [-0.4, -0.2) is 17.2 Å². The molecule has 1 atom stereocenters. The van der Waals surface area contributed by atoms with Crippen molar-refractivity contribution < 1.29 is 9.84 Å². The van der Waals surface area contributed by atoms with Crippen molar-refractivity contribution in [2.45, 2.75) is 6.10 Å². The highest BCUT2D eigenvalue weighted by molar-refractivity contribution is 6.43. The SMILES string of the molecule is COc1ccc([C@@H](O)c2ccccn2)c(Cl)c1Cl. The van der Waals surface area contributed by atoms with Gasteiger partial charge in [-0.05, 0) is 18.2 Å². The maximum atomic E-state index is 10.2. The Balaban J connectivity index is 2.43. The van der Waals surface area contributed by atoms with Crippen LogP contribution in [0.25, 0.3) is 0 Å². The minimum Gasteiger partial charge on any atom is -0.495 e. The smallest absolute Gasteiger partial charge is 0.139 e. The average molecular weight is 284 g/mol. The molecule has 0 aliphatic rings. The molecule has 18 heavy (non-hydrogen) atoms. The van der Waals surface area contributed by atoms with E-state index < -0.39 is 6.10 Å². The molecule has 0 fully saturated rings. The molecular weight excluding hydrogens is 273 g/mol. The molecule has 1 aromatic carbocycles. The monoisotopic (exact) mass is 283 g/mol. The van der Waals surface area contributed by atoms with Crippen LogP contribution in [0.15, 0.2) is 36.5 Å². The zero-order chi connectivity index (χ0) is 13.1.